The molecule has 4 aliphatic rings. The summed E-state index contributed by atoms with van der Waals surface area (Å²) in [5, 5.41) is 40.6. The highest BCUT2D eigenvalue weighted by Crippen LogP contribution is 2.68. The highest BCUT2D eigenvalue weighted by molar-refractivity contribution is 5.11. The summed E-state index contributed by atoms with van der Waals surface area (Å²) in [5.41, 5.74) is 0.0403. The molecule has 4 fully saturated rings. The standard InChI is InChI=1S/C21H36O4/c1-19-10-3-2-4-14(19)5-6-15-16(19)9-11-20(12-22)17(15)7-8-18(20)21(24,25)13-23/h14-18,22-25H,2-13H2,1H3/t14?,15-,16+,17+,18+,19+,20-/m1/s1. The molecule has 4 N–H and O–H groups in total. The van der Waals surface area contributed by atoms with Crippen molar-refractivity contribution in [1.82, 2.24) is 0 Å². The molecule has 0 saturated heterocycles. The highest BCUT2D eigenvalue weighted by Gasteiger charge is 2.64. The van der Waals surface area contributed by atoms with Gasteiger partial charge < -0.3 is 20.4 Å². The van der Waals surface area contributed by atoms with Crippen molar-refractivity contribution in [2.45, 2.75) is 76.9 Å². The number of rotatable bonds is 3. The molecule has 25 heavy (non-hydrogen) atoms. The van der Waals surface area contributed by atoms with E-state index in [-0.39, 0.29) is 6.61 Å². The van der Waals surface area contributed by atoms with Crippen molar-refractivity contribution in [3.8, 4) is 0 Å². The molecule has 0 amide bonds. The molecule has 0 bridgehead atoms. The minimum absolute atomic E-state index is 0.0224. The molecule has 0 heterocycles. The molecule has 1 unspecified atom stereocenters. The fourth-order valence-corrected chi connectivity index (χ4v) is 8.21. The Labute approximate surface area is 151 Å². The minimum atomic E-state index is -2.06. The Morgan fingerprint density at radius 2 is 1.68 bits per heavy atom. The van der Waals surface area contributed by atoms with Crippen molar-refractivity contribution in [2.75, 3.05) is 13.2 Å². The molecule has 4 nitrogen and oxygen atoms in total. The quantitative estimate of drug-likeness (QED) is 0.589. The van der Waals surface area contributed by atoms with E-state index in [1.54, 1.807) is 0 Å². The van der Waals surface area contributed by atoms with Gasteiger partial charge >= 0.3 is 0 Å². The van der Waals surface area contributed by atoms with Crippen LogP contribution in [0.2, 0.25) is 0 Å². The van der Waals surface area contributed by atoms with Gasteiger partial charge in [-0.15, -0.1) is 0 Å². The smallest absolute Gasteiger partial charge is 0.189 e. The predicted molar refractivity (Wildman–Crippen MR) is 95.5 cm³/mol. The fraction of sp³-hybridized carbons (Fsp3) is 1.00. The average Bonchev–Trinajstić information content (AvgIpc) is 3.02. The number of aliphatic hydroxyl groups is 4. The summed E-state index contributed by atoms with van der Waals surface area (Å²) in [7, 11) is 0. The number of aliphatic hydroxyl groups excluding tert-OH is 2. The molecule has 7 atom stereocenters. The second-order valence-corrected chi connectivity index (χ2v) is 10.00. The topological polar surface area (TPSA) is 80.9 Å². The predicted octanol–water partition coefficient (Wildman–Crippen LogP) is 2.68. The lowest BCUT2D eigenvalue weighted by atomic mass is 9.44. The van der Waals surface area contributed by atoms with Gasteiger partial charge in [0.1, 0.15) is 0 Å². The van der Waals surface area contributed by atoms with Crippen LogP contribution in [0.4, 0.5) is 0 Å². The molecule has 0 aromatic rings. The molecule has 4 aliphatic carbocycles. The molecule has 144 valence electrons. The molecule has 0 aromatic carbocycles. The Morgan fingerprint density at radius 1 is 0.880 bits per heavy atom. The van der Waals surface area contributed by atoms with Gasteiger partial charge in [0, 0.05) is 17.9 Å². The molecular formula is C21H36O4. The second kappa shape index (κ2) is 6.19. The zero-order valence-electron chi connectivity index (χ0n) is 15.7. The average molecular weight is 353 g/mol. The van der Waals surface area contributed by atoms with Gasteiger partial charge in [0.15, 0.2) is 5.79 Å². The van der Waals surface area contributed by atoms with Gasteiger partial charge in [-0.25, -0.2) is 0 Å². The zero-order chi connectivity index (χ0) is 17.9. The summed E-state index contributed by atoms with van der Waals surface area (Å²) < 4.78 is 0. The van der Waals surface area contributed by atoms with Gasteiger partial charge in [-0.05, 0) is 80.5 Å². The lowest BCUT2D eigenvalue weighted by Gasteiger charge is -2.61. The van der Waals surface area contributed by atoms with Gasteiger partial charge in [-0.3, -0.25) is 0 Å². The van der Waals surface area contributed by atoms with E-state index < -0.39 is 23.7 Å². The van der Waals surface area contributed by atoms with E-state index in [0.29, 0.717) is 23.7 Å². The van der Waals surface area contributed by atoms with Crippen LogP contribution in [0.15, 0.2) is 0 Å². The third kappa shape index (κ3) is 2.47. The van der Waals surface area contributed by atoms with Crippen LogP contribution in [0.25, 0.3) is 0 Å². The van der Waals surface area contributed by atoms with E-state index in [2.05, 4.69) is 6.92 Å². The maximum atomic E-state index is 10.4. The first-order valence-corrected chi connectivity index (χ1v) is 10.6. The monoisotopic (exact) mass is 352 g/mol. The maximum absolute atomic E-state index is 10.4. The number of hydrogen-bond acceptors (Lipinski definition) is 4. The van der Waals surface area contributed by atoms with Crippen molar-refractivity contribution in [3.05, 3.63) is 0 Å². The lowest BCUT2D eigenvalue weighted by Crippen LogP contribution is -2.57. The van der Waals surface area contributed by atoms with E-state index in [9.17, 15) is 20.4 Å². The van der Waals surface area contributed by atoms with Gasteiger partial charge in [-0.1, -0.05) is 19.8 Å². The summed E-state index contributed by atoms with van der Waals surface area (Å²) in [4.78, 5) is 0. The lowest BCUT2D eigenvalue weighted by molar-refractivity contribution is -0.258. The summed E-state index contributed by atoms with van der Waals surface area (Å²) in [5.74, 6) is 0.129. The Kier molecular flexibility index (Phi) is 4.51. The first-order valence-electron chi connectivity index (χ1n) is 10.6. The van der Waals surface area contributed by atoms with Gasteiger partial charge in [0.05, 0.1) is 6.61 Å². The largest absolute Gasteiger partial charge is 0.396 e. The molecule has 0 radical (unpaired) electrons. The molecule has 0 spiro atoms. The van der Waals surface area contributed by atoms with Crippen molar-refractivity contribution in [3.63, 3.8) is 0 Å². The minimum Gasteiger partial charge on any atom is -0.396 e. The normalized spacial score (nSPS) is 50.0. The Bertz CT molecular complexity index is 506. The highest BCUT2D eigenvalue weighted by atomic mass is 16.5. The van der Waals surface area contributed by atoms with E-state index in [1.165, 1.54) is 38.5 Å². The SMILES string of the molecule is C[C@]12CCCCC1CC[C@H]1[C@@H]3CC[C@H](C(O)(O)CO)[C@@]3(CO)CC[C@@H]12. The number of hydrogen-bond donors (Lipinski definition) is 4. The molecular weight excluding hydrogens is 316 g/mol. The molecule has 4 heteroatoms. The van der Waals surface area contributed by atoms with Crippen molar-refractivity contribution in [1.29, 1.82) is 0 Å². The zero-order valence-corrected chi connectivity index (χ0v) is 15.7. The first kappa shape index (κ1) is 18.2. The van der Waals surface area contributed by atoms with Crippen LogP contribution in [0, 0.1) is 40.4 Å². The Morgan fingerprint density at radius 3 is 2.40 bits per heavy atom. The summed E-state index contributed by atoms with van der Waals surface area (Å²) in [6.45, 7) is 1.91. The third-order valence-electron chi connectivity index (χ3n) is 9.38. The van der Waals surface area contributed by atoms with Crippen molar-refractivity contribution >= 4 is 0 Å². The third-order valence-corrected chi connectivity index (χ3v) is 9.38. The van der Waals surface area contributed by atoms with Gasteiger partial charge in [0.25, 0.3) is 0 Å². The molecule has 0 aromatic heterocycles. The van der Waals surface area contributed by atoms with Crippen LogP contribution in [0.3, 0.4) is 0 Å². The van der Waals surface area contributed by atoms with Crippen molar-refractivity contribution in [2.24, 2.45) is 40.4 Å². The molecule has 4 rings (SSSR count). The Hall–Kier alpha value is -0.160. The van der Waals surface area contributed by atoms with Crippen LogP contribution in [-0.2, 0) is 0 Å². The molecule has 4 saturated carbocycles. The van der Waals surface area contributed by atoms with E-state index in [0.717, 1.165) is 31.1 Å². The Balaban J connectivity index is 1.65. The van der Waals surface area contributed by atoms with E-state index in [1.807, 2.05) is 0 Å². The van der Waals surface area contributed by atoms with Crippen LogP contribution >= 0.6 is 0 Å². The van der Waals surface area contributed by atoms with Crippen LogP contribution in [0.1, 0.15) is 71.1 Å². The van der Waals surface area contributed by atoms with E-state index in [4.69, 9.17) is 0 Å². The summed E-state index contributed by atoms with van der Waals surface area (Å²) in [6.07, 6.45) is 11.7. The summed E-state index contributed by atoms with van der Waals surface area (Å²) >= 11 is 0. The van der Waals surface area contributed by atoms with E-state index >= 15 is 0 Å². The summed E-state index contributed by atoms with van der Waals surface area (Å²) in [6, 6.07) is 0. The maximum Gasteiger partial charge on any atom is 0.189 e. The van der Waals surface area contributed by atoms with Crippen LogP contribution in [0.5, 0.6) is 0 Å². The fourth-order valence-electron chi connectivity index (χ4n) is 8.21. The second-order valence-electron chi connectivity index (χ2n) is 10.00. The van der Waals surface area contributed by atoms with Crippen LogP contribution < -0.4 is 0 Å². The first-order chi connectivity index (χ1) is 11.9. The van der Waals surface area contributed by atoms with Crippen LogP contribution in [-0.4, -0.2) is 39.4 Å². The van der Waals surface area contributed by atoms with Gasteiger partial charge in [-0.2, -0.15) is 0 Å². The molecule has 0 aliphatic heterocycles. The van der Waals surface area contributed by atoms with Gasteiger partial charge in [0.2, 0.25) is 0 Å². The van der Waals surface area contributed by atoms with Crippen molar-refractivity contribution < 1.29 is 20.4 Å². The number of fused-ring (bicyclic) bond motifs is 5.